The van der Waals surface area contributed by atoms with Gasteiger partial charge in [0.25, 0.3) is 0 Å². The molecule has 1 unspecified atom stereocenters. The number of nitrogens with one attached hydrogen (secondary N) is 1. The van der Waals surface area contributed by atoms with Gasteiger partial charge in [-0.1, -0.05) is 18.2 Å². The van der Waals surface area contributed by atoms with E-state index in [9.17, 15) is 0 Å². The highest BCUT2D eigenvalue weighted by Gasteiger charge is 2.13. The zero-order chi connectivity index (χ0) is 11.4. The van der Waals surface area contributed by atoms with Crippen LogP contribution in [0.15, 0.2) is 46.9 Å². The van der Waals surface area contributed by atoms with Gasteiger partial charge in [-0.2, -0.15) is 5.26 Å². The molecule has 3 heteroatoms. The number of benzene rings is 1. The SMILES string of the molecule is Cc1ccc(C(C#N)Nc2ccccc2)o1. The third-order valence-electron chi connectivity index (χ3n) is 2.26. The number of nitriles is 1. The van der Waals surface area contributed by atoms with Crippen LogP contribution >= 0.6 is 0 Å². The number of hydrogen-bond donors (Lipinski definition) is 1. The van der Waals surface area contributed by atoms with E-state index in [1.807, 2.05) is 49.4 Å². The van der Waals surface area contributed by atoms with Gasteiger partial charge in [0.1, 0.15) is 11.5 Å². The van der Waals surface area contributed by atoms with Crippen LogP contribution in [0.5, 0.6) is 0 Å². The van der Waals surface area contributed by atoms with Gasteiger partial charge in [-0.3, -0.25) is 0 Å². The lowest BCUT2D eigenvalue weighted by atomic mass is 10.2. The summed E-state index contributed by atoms with van der Waals surface area (Å²) in [7, 11) is 0. The van der Waals surface area contributed by atoms with E-state index in [0.717, 1.165) is 11.4 Å². The van der Waals surface area contributed by atoms with E-state index in [4.69, 9.17) is 9.68 Å². The molecule has 0 aliphatic heterocycles. The minimum absolute atomic E-state index is 0.448. The minimum Gasteiger partial charge on any atom is -0.463 e. The van der Waals surface area contributed by atoms with Gasteiger partial charge in [-0.15, -0.1) is 0 Å². The number of aryl methyl sites for hydroxylation is 1. The maximum absolute atomic E-state index is 9.08. The molecule has 16 heavy (non-hydrogen) atoms. The Labute approximate surface area is 94.3 Å². The van der Waals surface area contributed by atoms with Crippen LogP contribution in [0, 0.1) is 18.3 Å². The number of nitrogens with zero attached hydrogens (tertiary/aromatic N) is 1. The molecule has 0 aliphatic rings. The van der Waals surface area contributed by atoms with Gasteiger partial charge in [0.15, 0.2) is 6.04 Å². The monoisotopic (exact) mass is 212 g/mol. The van der Waals surface area contributed by atoms with E-state index in [2.05, 4.69) is 11.4 Å². The van der Waals surface area contributed by atoms with Gasteiger partial charge in [0, 0.05) is 5.69 Å². The predicted molar refractivity (Wildman–Crippen MR) is 61.9 cm³/mol. The van der Waals surface area contributed by atoms with Gasteiger partial charge in [-0.05, 0) is 31.2 Å². The summed E-state index contributed by atoms with van der Waals surface area (Å²) in [4.78, 5) is 0. The minimum atomic E-state index is -0.448. The summed E-state index contributed by atoms with van der Waals surface area (Å²) >= 11 is 0. The summed E-state index contributed by atoms with van der Waals surface area (Å²) < 4.78 is 5.42. The molecule has 80 valence electrons. The number of furan rings is 1. The number of anilines is 1. The van der Waals surface area contributed by atoms with Crippen LogP contribution in [-0.2, 0) is 0 Å². The molecular weight excluding hydrogens is 200 g/mol. The lowest BCUT2D eigenvalue weighted by Crippen LogP contribution is -2.07. The van der Waals surface area contributed by atoms with Crippen LogP contribution in [0.2, 0.25) is 0 Å². The average Bonchev–Trinajstić information content (AvgIpc) is 2.74. The molecule has 0 saturated heterocycles. The smallest absolute Gasteiger partial charge is 0.173 e. The van der Waals surface area contributed by atoms with Crippen molar-refractivity contribution in [1.82, 2.24) is 0 Å². The predicted octanol–water partition coefficient (Wildman–Crippen LogP) is 3.26. The van der Waals surface area contributed by atoms with E-state index in [-0.39, 0.29) is 0 Å². The molecule has 1 aromatic heterocycles. The Morgan fingerprint density at radius 3 is 2.50 bits per heavy atom. The van der Waals surface area contributed by atoms with E-state index < -0.39 is 6.04 Å². The Kier molecular flexibility index (Phi) is 2.93. The first-order valence-electron chi connectivity index (χ1n) is 5.07. The van der Waals surface area contributed by atoms with Crippen LogP contribution in [0.25, 0.3) is 0 Å². The molecule has 3 nitrogen and oxygen atoms in total. The molecule has 0 bridgehead atoms. The fourth-order valence-corrected chi connectivity index (χ4v) is 1.48. The molecule has 2 rings (SSSR count). The second-order valence-electron chi connectivity index (χ2n) is 3.52. The lowest BCUT2D eigenvalue weighted by Gasteiger charge is -2.10. The Bertz CT molecular complexity index is 496. The number of para-hydroxylation sites is 1. The van der Waals surface area contributed by atoms with Gasteiger partial charge < -0.3 is 9.73 Å². The first-order valence-corrected chi connectivity index (χ1v) is 5.07. The molecule has 1 aromatic carbocycles. The summed E-state index contributed by atoms with van der Waals surface area (Å²) in [5, 5.41) is 12.2. The van der Waals surface area contributed by atoms with Crippen LogP contribution in [0.4, 0.5) is 5.69 Å². The molecule has 1 atom stereocenters. The standard InChI is InChI=1S/C13H12N2O/c1-10-7-8-13(16-10)12(9-14)15-11-5-3-2-4-6-11/h2-8,12,15H,1H3. The second-order valence-corrected chi connectivity index (χ2v) is 3.52. The fraction of sp³-hybridized carbons (Fsp3) is 0.154. The molecule has 0 saturated carbocycles. The maximum Gasteiger partial charge on any atom is 0.173 e. The van der Waals surface area contributed by atoms with Crippen molar-refractivity contribution in [2.75, 3.05) is 5.32 Å². The quantitative estimate of drug-likeness (QED) is 0.849. The fourth-order valence-electron chi connectivity index (χ4n) is 1.48. The van der Waals surface area contributed by atoms with E-state index in [0.29, 0.717) is 5.76 Å². The zero-order valence-electron chi connectivity index (χ0n) is 8.97. The summed E-state index contributed by atoms with van der Waals surface area (Å²) in [5.74, 6) is 1.45. The van der Waals surface area contributed by atoms with Crippen LogP contribution in [0.3, 0.4) is 0 Å². The molecule has 0 fully saturated rings. The first kappa shape index (κ1) is 10.3. The molecule has 2 aromatic rings. The Morgan fingerprint density at radius 2 is 1.94 bits per heavy atom. The van der Waals surface area contributed by atoms with Crippen molar-refractivity contribution < 1.29 is 4.42 Å². The molecule has 0 amide bonds. The molecular formula is C13H12N2O. The van der Waals surface area contributed by atoms with Gasteiger partial charge >= 0.3 is 0 Å². The first-order chi connectivity index (χ1) is 7.79. The van der Waals surface area contributed by atoms with Gasteiger partial charge in [-0.25, -0.2) is 0 Å². The third-order valence-corrected chi connectivity index (χ3v) is 2.26. The second kappa shape index (κ2) is 4.54. The van der Waals surface area contributed by atoms with Crippen molar-refractivity contribution in [3.05, 3.63) is 54.0 Å². The lowest BCUT2D eigenvalue weighted by molar-refractivity contribution is 0.479. The van der Waals surface area contributed by atoms with E-state index in [1.54, 1.807) is 0 Å². The molecule has 1 N–H and O–H groups in total. The Balaban J connectivity index is 2.16. The van der Waals surface area contributed by atoms with Crippen LogP contribution in [-0.4, -0.2) is 0 Å². The number of rotatable bonds is 3. The molecule has 1 heterocycles. The number of hydrogen-bond acceptors (Lipinski definition) is 3. The van der Waals surface area contributed by atoms with Gasteiger partial charge in [0.05, 0.1) is 6.07 Å². The summed E-state index contributed by atoms with van der Waals surface area (Å²) in [6.07, 6.45) is 0. The Morgan fingerprint density at radius 1 is 1.19 bits per heavy atom. The highest BCUT2D eigenvalue weighted by atomic mass is 16.3. The van der Waals surface area contributed by atoms with Crippen molar-refractivity contribution in [2.24, 2.45) is 0 Å². The highest BCUT2D eigenvalue weighted by molar-refractivity contribution is 5.46. The molecule has 0 radical (unpaired) electrons. The van der Waals surface area contributed by atoms with Crippen LogP contribution in [0.1, 0.15) is 17.6 Å². The van der Waals surface area contributed by atoms with E-state index in [1.165, 1.54) is 0 Å². The normalized spacial score (nSPS) is 11.8. The van der Waals surface area contributed by atoms with Crippen LogP contribution < -0.4 is 5.32 Å². The van der Waals surface area contributed by atoms with Crippen molar-refractivity contribution in [3.63, 3.8) is 0 Å². The van der Waals surface area contributed by atoms with Crippen molar-refractivity contribution >= 4 is 5.69 Å². The van der Waals surface area contributed by atoms with Gasteiger partial charge in [0.2, 0.25) is 0 Å². The Hall–Kier alpha value is -2.21. The molecule has 0 aliphatic carbocycles. The third kappa shape index (κ3) is 2.23. The summed E-state index contributed by atoms with van der Waals surface area (Å²) in [6.45, 7) is 1.86. The summed E-state index contributed by atoms with van der Waals surface area (Å²) in [5.41, 5.74) is 0.906. The average molecular weight is 212 g/mol. The van der Waals surface area contributed by atoms with Crippen molar-refractivity contribution in [2.45, 2.75) is 13.0 Å². The highest BCUT2D eigenvalue weighted by Crippen LogP contribution is 2.20. The van der Waals surface area contributed by atoms with Crippen molar-refractivity contribution in [3.8, 4) is 6.07 Å². The zero-order valence-corrected chi connectivity index (χ0v) is 8.97. The topological polar surface area (TPSA) is 49.0 Å². The summed E-state index contributed by atoms with van der Waals surface area (Å²) in [6, 6.07) is 15.0. The largest absolute Gasteiger partial charge is 0.463 e. The van der Waals surface area contributed by atoms with Crippen molar-refractivity contribution in [1.29, 1.82) is 5.26 Å². The molecule has 0 spiro atoms. The maximum atomic E-state index is 9.08. The van der Waals surface area contributed by atoms with E-state index >= 15 is 0 Å².